The number of hydrogen-bond donors (Lipinski definition) is 2. The lowest BCUT2D eigenvalue weighted by atomic mass is 10.1. The van der Waals surface area contributed by atoms with Crippen molar-refractivity contribution in [2.75, 3.05) is 24.0 Å². The fourth-order valence-electron chi connectivity index (χ4n) is 3.07. The predicted octanol–water partition coefficient (Wildman–Crippen LogP) is 3.14. The summed E-state index contributed by atoms with van der Waals surface area (Å²) in [5.41, 5.74) is 1.24. The lowest BCUT2D eigenvalue weighted by molar-refractivity contribution is -0.137. The van der Waals surface area contributed by atoms with Crippen molar-refractivity contribution in [2.45, 2.75) is 12.6 Å². The Hall–Kier alpha value is -4.42. The highest BCUT2D eigenvalue weighted by Crippen LogP contribution is 2.38. The van der Waals surface area contributed by atoms with Crippen molar-refractivity contribution in [3.63, 3.8) is 0 Å². The number of rotatable bonds is 6. The molecule has 0 unspecified atom stereocenters. The quantitative estimate of drug-likeness (QED) is 0.319. The van der Waals surface area contributed by atoms with Crippen molar-refractivity contribution in [1.29, 1.82) is 0 Å². The van der Waals surface area contributed by atoms with E-state index in [0.29, 0.717) is 16.8 Å². The summed E-state index contributed by atoms with van der Waals surface area (Å²) in [4.78, 5) is 37.8. The van der Waals surface area contributed by atoms with E-state index >= 15 is 0 Å². The minimum absolute atomic E-state index is 0.175. The Labute approximate surface area is 191 Å². The number of ketones is 1. The summed E-state index contributed by atoms with van der Waals surface area (Å²) in [5.74, 6) is -1.57. The van der Waals surface area contributed by atoms with Gasteiger partial charge in [-0.05, 0) is 30.3 Å². The number of anilines is 2. The Morgan fingerprint density at radius 1 is 1.12 bits per heavy atom. The molecular formula is C21H19F3N6O4. The second-order valence-electron chi connectivity index (χ2n) is 7.24. The van der Waals surface area contributed by atoms with Crippen LogP contribution in [-0.2, 0) is 11.0 Å². The molecule has 0 aliphatic rings. The van der Waals surface area contributed by atoms with E-state index in [-0.39, 0.29) is 16.9 Å². The number of hydrazine groups is 1. The van der Waals surface area contributed by atoms with E-state index in [9.17, 15) is 32.7 Å². The molecule has 0 fully saturated rings. The fourth-order valence-corrected chi connectivity index (χ4v) is 3.07. The van der Waals surface area contributed by atoms with E-state index < -0.39 is 35.9 Å². The summed E-state index contributed by atoms with van der Waals surface area (Å²) in [6.45, 7) is 0. The van der Waals surface area contributed by atoms with E-state index in [0.717, 1.165) is 12.1 Å². The summed E-state index contributed by atoms with van der Waals surface area (Å²) in [6.07, 6.45) is -4.01. The molecule has 178 valence electrons. The normalized spacial score (nSPS) is 11.1. The van der Waals surface area contributed by atoms with E-state index in [1.165, 1.54) is 42.0 Å². The van der Waals surface area contributed by atoms with Gasteiger partial charge in [0.25, 0.3) is 0 Å². The second kappa shape index (κ2) is 9.60. The largest absolute Gasteiger partial charge is 0.463 e. The molecule has 1 aromatic heterocycles. The van der Waals surface area contributed by atoms with Crippen LogP contribution in [0.1, 0.15) is 22.3 Å². The van der Waals surface area contributed by atoms with Gasteiger partial charge in [0.05, 0.1) is 41.4 Å². The number of nitrogens with one attached hydrogen (secondary N) is 1. The van der Waals surface area contributed by atoms with Gasteiger partial charge in [-0.3, -0.25) is 15.0 Å². The van der Waals surface area contributed by atoms with E-state index in [1.807, 2.05) is 5.43 Å². The standard InChI is InChI=1S/C21H19F3N6O4/c1-28(2)17-11-15(6-7-16(17)21(22,23)24)30(20(33)34)26-19(32)12-18(31)13-4-3-5-14(10-13)29-9-8-25-27-29/h3-11H,12H2,1-2H3,(H,26,32)(H,33,34). The highest BCUT2D eigenvalue weighted by atomic mass is 19.4. The van der Waals surface area contributed by atoms with Crippen LogP contribution in [0, 0.1) is 0 Å². The molecule has 0 saturated heterocycles. The molecule has 2 aromatic carbocycles. The van der Waals surface area contributed by atoms with Crippen molar-refractivity contribution in [3.05, 3.63) is 66.0 Å². The summed E-state index contributed by atoms with van der Waals surface area (Å²) in [7, 11) is 2.73. The number of nitrogens with zero attached hydrogens (tertiary/aromatic N) is 5. The van der Waals surface area contributed by atoms with Crippen LogP contribution in [-0.4, -0.2) is 52.0 Å². The topological polar surface area (TPSA) is 121 Å². The smallest absolute Gasteiger partial charge is 0.431 e. The molecule has 3 aromatic rings. The van der Waals surface area contributed by atoms with Gasteiger partial charge in [-0.2, -0.15) is 18.2 Å². The van der Waals surface area contributed by atoms with Crippen LogP contribution in [0.4, 0.5) is 29.3 Å². The van der Waals surface area contributed by atoms with Crippen molar-refractivity contribution >= 4 is 29.2 Å². The van der Waals surface area contributed by atoms with Crippen LogP contribution in [0.2, 0.25) is 0 Å². The number of aromatic nitrogens is 3. The maximum atomic E-state index is 13.3. The Morgan fingerprint density at radius 3 is 2.44 bits per heavy atom. The van der Waals surface area contributed by atoms with Crippen molar-refractivity contribution in [1.82, 2.24) is 20.4 Å². The van der Waals surface area contributed by atoms with E-state index in [4.69, 9.17) is 0 Å². The molecule has 0 radical (unpaired) electrons. The zero-order valence-electron chi connectivity index (χ0n) is 17.9. The first-order valence-corrected chi connectivity index (χ1v) is 9.68. The summed E-state index contributed by atoms with van der Waals surface area (Å²) < 4.78 is 41.2. The molecule has 3 rings (SSSR count). The van der Waals surface area contributed by atoms with Gasteiger partial charge in [-0.15, -0.1) is 5.10 Å². The Balaban J connectivity index is 1.78. The highest BCUT2D eigenvalue weighted by molar-refractivity contribution is 6.08. The third-order valence-corrected chi connectivity index (χ3v) is 4.63. The zero-order chi connectivity index (χ0) is 25.0. The number of Topliss-reactive ketones (excluding diaryl/α,β-unsaturated/α-hetero) is 1. The van der Waals surface area contributed by atoms with Crippen molar-refractivity contribution in [3.8, 4) is 5.69 Å². The average Bonchev–Trinajstić information content (AvgIpc) is 3.31. The predicted molar refractivity (Wildman–Crippen MR) is 115 cm³/mol. The van der Waals surface area contributed by atoms with Gasteiger partial charge in [0.2, 0.25) is 5.91 Å². The number of carbonyl (C=O) groups excluding carboxylic acids is 2. The first kappa shape index (κ1) is 24.2. The van der Waals surface area contributed by atoms with Gasteiger partial charge >= 0.3 is 12.3 Å². The molecule has 0 aliphatic carbocycles. The van der Waals surface area contributed by atoms with Gasteiger partial charge in [0.15, 0.2) is 5.78 Å². The maximum Gasteiger partial charge on any atom is 0.431 e. The van der Waals surface area contributed by atoms with Crippen LogP contribution >= 0.6 is 0 Å². The lowest BCUT2D eigenvalue weighted by Crippen LogP contribution is -2.46. The Kier molecular flexibility index (Phi) is 6.84. The molecule has 0 spiro atoms. The second-order valence-corrected chi connectivity index (χ2v) is 7.24. The van der Waals surface area contributed by atoms with Gasteiger partial charge < -0.3 is 10.0 Å². The molecule has 1 heterocycles. The molecule has 0 atom stereocenters. The van der Waals surface area contributed by atoms with Crippen LogP contribution in [0.3, 0.4) is 0 Å². The van der Waals surface area contributed by atoms with Crippen LogP contribution in [0.25, 0.3) is 5.69 Å². The van der Waals surface area contributed by atoms with Gasteiger partial charge in [0.1, 0.15) is 0 Å². The zero-order valence-corrected chi connectivity index (χ0v) is 17.9. The monoisotopic (exact) mass is 476 g/mol. The Morgan fingerprint density at radius 2 is 1.85 bits per heavy atom. The molecule has 13 heteroatoms. The Bertz CT molecular complexity index is 1210. The van der Waals surface area contributed by atoms with E-state index in [1.54, 1.807) is 18.3 Å². The van der Waals surface area contributed by atoms with Crippen molar-refractivity contribution in [2.24, 2.45) is 0 Å². The lowest BCUT2D eigenvalue weighted by Gasteiger charge is -2.24. The first-order valence-electron chi connectivity index (χ1n) is 9.68. The van der Waals surface area contributed by atoms with Crippen molar-refractivity contribution < 1.29 is 32.7 Å². The SMILES string of the molecule is CN(C)c1cc(N(NC(=O)CC(=O)c2cccc(-n3ccnn3)c2)C(=O)O)ccc1C(F)(F)F. The molecule has 2 amide bonds. The number of benzene rings is 2. The average molecular weight is 476 g/mol. The molecule has 0 saturated carbocycles. The number of amides is 2. The minimum Gasteiger partial charge on any atom is -0.463 e. The number of carbonyl (C=O) groups is 3. The third-order valence-electron chi connectivity index (χ3n) is 4.63. The number of halogens is 3. The number of hydrogen-bond acceptors (Lipinski definition) is 6. The summed E-state index contributed by atoms with van der Waals surface area (Å²) >= 11 is 0. The molecule has 10 nitrogen and oxygen atoms in total. The molecule has 34 heavy (non-hydrogen) atoms. The van der Waals surface area contributed by atoms with E-state index in [2.05, 4.69) is 10.3 Å². The fraction of sp³-hybridized carbons (Fsp3) is 0.190. The van der Waals surface area contributed by atoms with Gasteiger partial charge in [-0.25, -0.2) is 9.48 Å². The number of alkyl halides is 3. The van der Waals surface area contributed by atoms with Crippen LogP contribution < -0.4 is 15.3 Å². The molecule has 2 N–H and O–H groups in total. The van der Waals surface area contributed by atoms with Crippen LogP contribution in [0.15, 0.2) is 54.9 Å². The van der Waals surface area contributed by atoms with Gasteiger partial charge in [-0.1, -0.05) is 17.3 Å². The first-order chi connectivity index (χ1) is 16.0. The molecular weight excluding hydrogens is 457 g/mol. The summed E-state index contributed by atoms with van der Waals surface area (Å²) in [6, 6.07) is 8.81. The summed E-state index contributed by atoms with van der Waals surface area (Å²) in [5, 5.41) is 17.3. The third kappa shape index (κ3) is 5.49. The van der Waals surface area contributed by atoms with Crippen LogP contribution in [0.5, 0.6) is 0 Å². The maximum absolute atomic E-state index is 13.3. The number of carboxylic acid groups (broad SMARTS) is 1. The van der Waals surface area contributed by atoms with Gasteiger partial charge in [0, 0.05) is 19.7 Å². The molecule has 0 bridgehead atoms. The minimum atomic E-state index is -4.66. The molecule has 0 aliphatic heterocycles. The highest BCUT2D eigenvalue weighted by Gasteiger charge is 2.35.